The van der Waals surface area contributed by atoms with Crippen molar-refractivity contribution in [1.82, 2.24) is 9.86 Å². The Morgan fingerprint density at radius 3 is 1.60 bits per heavy atom. The third-order valence-electron chi connectivity index (χ3n) is 1.40. The second-order valence-corrected chi connectivity index (χ2v) is 6.04. The van der Waals surface area contributed by atoms with Crippen LogP contribution in [0.15, 0.2) is 0 Å². The van der Waals surface area contributed by atoms with Gasteiger partial charge < -0.3 is 6.15 Å². The van der Waals surface area contributed by atoms with Crippen molar-refractivity contribution < 1.29 is 25.9 Å². The van der Waals surface area contributed by atoms with Gasteiger partial charge in [0.2, 0.25) is 0 Å². The molecule has 5 N–H and O–H groups in total. The van der Waals surface area contributed by atoms with Crippen molar-refractivity contribution >= 4 is 20.6 Å². The molecule has 0 amide bonds. The minimum atomic E-state index is -4.92. The lowest BCUT2D eigenvalue weighted by Gasteiger charge is -2.15. The Balaban J connectivity index is 0. The van der Waals surface area contributed by atoms with Gasteiger partial charge in [-0.2, -0.15) is 16.8 Å². The molecule has 0 atom stereocenters. The zero-order valence-corrected chi connectivity index (χ0v) is 10.1. The van der Waals surface area contributed by atoms with Crippen molar-refractivity contribution in [2.75, 3.05) is 6.54 Å². The molecule has 0 aromatic heterocycles. The predicted molar refractivity (Wildman–Crippen MR) is 54.3 cm³/mol. The first-order valence-corrected chi connectivity index (χ1v) is 6.57. The van der Waals surface area contributed by atoms with E-state index in [2.05, 4.69) is 0 Å². The Labute approximate surface area is 89.6 Å². The molecule has 0 unspecified atom stereocenters. The molecule has 94 valence electrons. The zero-order valence-electron chi connectivity index (χ0n) is 8.49. The van der Waals surface area contributed by atoms with Crippen LogP contribution in [0.3, 0.4) is 0 Å². The maximum Gasteiger partial charge on any atom is 0.351 e. The summed E-state index contributed by atoms with van der Waals surface area (Å²) in [5.74, 6) is 0.0426. The summed E-state index contributed by atoms with van der Waals surface area (Å²) < 4.78 is 58.8. The van der Waals surface area contributed by atoms with Gasteiger partial charge >= 0.3 is 20.6 Å². The lowest BCUT2D eigenvalue weighted by Crippen LogP contribution is -2.37. The van der Waals surface area contributed by atoms with Gasteiger partial charge in [0.05, 0.1) is 0 Å². The molecule has 0 bridgehead atoms. The smallest absolute Gasteiger partial charge is 0.344 e. The average Bonchev–Trinajstić information content (AvgIpc) is 1.78. The Morgan fingerprint density at radius 1 is 1.07 bits per heavy atom. The summed E-state index contributed by atoms with van der Waals surface area (Å²) in [6.07, 6.45) is 0.208. The fraction of sp³-hybridized carbons (Fsp3) is 1.00. The lowest BCUT2D eigenvalue weighted by atomic mass is 10.1. The molecule has 15 heavy (non-hydrogen) atoms. The minimum absolute atomic E-state index is 0. The quantitative estimate of drug-likeness (QED) is 0.596. The fourth-order valence-corrected chi connectivity index (χ4v) is 2.34. The van der Waals surface area contributed by atoms with E-state index in [4.69, 9.17) is 9.11 Å². The summed E-state index contributed by atoms with van der Waals surface area (Å²) in [7, 11) is -9.85. The third-order valence-corrected chi connectivity index (χ3v) is 3.93. The van der Waals surface area contributed by atoms with Crippen LogP contribution < -0.4 is 6.15 Å². The maximum atomic E-state index is 10.5. The van der Waals surface area contributed by atoms with E-state index in [1.54, 1.807) is 13.8 Å². The van der Waals surface area contributed by atoms with Crippen molar-refractivity contribution in [3.63, 3.8) is 0 Å². The molecule has 0 saturated heterocycles. The Kier molecular flexibility index (Phi) is 6.54. The molecule has 0 fully saturated rings. The highest BCUT2D eigenvalue weighted by Crippen LogP contribution is 2.09. The fourth-order valence-electron chi connectivity index (χ4n) is 0.713. The molecule has 0 aromatic rings. The van der Waals surface area contributed by atoms with E-state index in [9.17, 15) is 16.8 Å². The minimum Gasteiger partial charge on any atom is -0.344 e. The molecule has 0 aliphatic heterocycles. The van der Waals surface area contributed by atoms with Crippen LogP contribution in [0, 0.1) is 5.92 Å². The maximum absolute atomic E-state index is 10.5. The number of hydrogen-bond donors (Lipinski definition) is 3. The van der Waals surface area contributed by atoms with Crippen LogP contribution in [0.5, 0.6) is 0 Å². The summed E-state index contributed by atoms with van der Waals surface area (Å²) in [6, 6.07) is 0. The molecule has 0 aliphatic rings. The van der Waals surface area contributed by atoms with Crippen molar-refractivity contribution in [2.24, 2.45) is 5.92 Å². The van der Waals surface area contributed by atoms with Gasteiger partial charge in [0.15, 0.2) is 0 Å². The van der Waals surface area contributed by atoms with Crippen LogP contribution in [0.25, 0.3) is 0 Å². The van der Waals surface area contributed by atoms with E-state index in [0.29, 0.717) is 0 Å². The van der Waals surface area contributed by atoms with E-state index in [0.717, 1.165) is 0 Å². The molecule has 0 spiro atoms. The van der Waals surface area contributed by atoms with Crippen LogP contribution in [-0.2, 0) is 20.6 Å². The second-order valence-electron chi connectivity index (χ2n) is 3.13. The molecular weight excluding hydrogens is 248 g/mol. The Morgan fingerprint density at radius 2 is 1.40 bits per heavy atom. The van der Waals surface area contributed by atoms with Gasteiger partial charge in [-0.05, 0) is 16.0 Å². The lowest BCUT2D eigenvalue weighted by molar-refractivity contribution is 0.371. The van der Waals surface area contributed by atoms with E-state index in [-0.39, 0.29) is 22.2 Å². The normalized spacial score (nSPS) is 12.9. The zero-order chi connectivity index (χ0) is 11.6. The van der Waals surface area contributed by atoms with Gasteiger partial charge in [-0.25, -0.2) is 0 Å². The summed E-state index contributed by atoms with van der Waals surface area (Å²) in [6.45, 7) is 3.01. The second kappa shape index (κ2) is 5.72. The van der Waals surface area contributed by atoms with Gasteiger partial charge in [-0.15, -0.1) is 0 Å². The molecule has 0 aromatic carbocycles. The first kappa shape index (κ1) is 17.1. The molecule has 0 radical (unpaired) electrons. The van der Waals surface area contributed by atoms with Gasteiger partial charge in [0.1, 0.15) is 0 Å². The molecular formula is C5H16N2O6S2. The standard InChI is InChI=1S/C5H13NO6S2.H3N/c1-5(2)3-4-6(13(7,8)9)14(10,11)12;/h5H,3-4H2,1-2H3,(H,7,8,9)(H,10,11,12);1H3. The summed E-state index contributed by atoms with van der Waals surface area (Å²) in [5, 5.41) is 0. The molecule has 0 aliphatic carbocycles. The summed E-state index contributed by atoms with van der Waals surface area (Å²) in [5.41, 5.74) is 0. The first-order valence-electron chi connectivity index (χ1n) is 3.78. The Bertz CT molecular complexity index is 340. The molecule has 0 heterocycles. The van der Waals surface area contributed by atoms with Crippen LogP contribution in [0.2, 0.25) is 0 Å². The number of rotatable bonds is 5. The topological polar surface area (TPSA) is 147 Å². The number of hydrogen-bond acceptors (Lipinski definition) is 5. The van der Waals surface area contributed by atoms with Crippen LogP contribution in [-0.4, -0.2) is 36.2 Å². The van der Waals surface area contributed by atoms with Crippen molar-refractivity contribution in [3.8, 4) is 0 Å². The summed E-state index contributed by atoms with van der Waals surface area (Å²) >= 11 is 0. The predicted octanol–water partition coefficient (Wildman–Crippen LogP) is 0.102. The molecule has 0 saturated carbocycles. The van der Waals surface area contributed by atoms with E-state index < -0.39 is 27.2 Å². The highest BCUT2D eigenvalue weighted by atomic mass is 32.3. The Hall–Kier alpha value is -0.260. The largest absolute Gasteiger partial charge is 0.351 e. The molecule has 0 rings (SSSR count). The van der Waals surface area contributed by atoms with Crippen molar-refractivity contribution in [1.29, 1.82) is 0 Å². The van der Waals surface area contributed by atoms with E-state index in [1.807, 2.05) is 0 Å². The molecule has 8 nitrogen and oxygen atoms in total. The van der Waals surface area contributed by atoms with Crippen molar-refractivity contribution in [2.45, 2.75) is 20.3 Å². The SMILES string of the molecule is CC(C)CCN(S(=O)(=O)O)S(=O)(=O)O.N. The number of nitrogens with zero attached hydrogens (tertiary/aromatic N) is 1. The molecule has 10 heteroatoms. The van der Waals surface area contributed by atoms with Crippen LogP contribution >= 0.6 is 0 Å². The van der Waals surface area contributed by atoms with Crippen LogP contribution in [0.1, 0.15) is 20.3 Å². The van der Waals surface area contributed by atoms with Crippen molar-refractivity contribution in [3.05, 3.63) is 0 Å². The highest BCUT2D eigenvalue weighted by molar-refractivity contribution is 7.98. The van der Waals surface area contributed by atoms with Gasteiger partial charge in [0.25, 0.3) is 0 Å². The monoisotopic (exact) mass is 264 g/mol. The third kappa shape index (κ3) is 6.76. The van der Waals surface area contributed by atoms with Gasteiger partial charge in [-0.3, -0.25) is 9.11 Å². The first-order chi connectivity index (χ1) is 6.05. The van der Waals surface area contributed by atoms with Gasteiger partial charge in [0, 0.05) is 6.54 Å². The van der Waals surface area contributed by atoms with Crippen LogP contribution in [0.4, 0.5) is 0 Å². The summed E-state index contributed by atoms with van der Waals surface area (Å²) in [4.78, 5) is 0. The van der Waals surface area contributed by atoms with E-state index >= 15 is 0 Å². The van der Waals surface area contributed by atoms with E-state index in [1.165, 1.54) is 0 Å². The average molecular weight is 264 g/mol. The van der Waals surface area contributed by atoms with Gasteiger partial charge in [-0.1, -0.05) is 13.8 Å². The highest BCUT2D eigenvalue weighted by Gasteiger charge is 2.30.